The lowest BCUT2D eigenvalue weighted by atomic mass is 10.3. The molecule has 0 radical (unpaired) electrons. The van der Waals surface area contributed by atoms with Gasteiger partial charge >= 0.3 is 0 Å². The fourth-order valence-electron chi connectivity index (χ4n) is 1.70. The smallest absolute Gasteiger partial charge is 0.0164 e. The van der Waals surface area contributed by atoms with Crippen molar-refractivity contribution >= 4 is 0 Å². The third-order valence-corrected chi connectivity index (χ3v) is 2.68. The highest BCUT2D eigenvalue weighted by Crippen LogP contribution is 1.77. The minimum atomic E-state index is 0.546. The molecule has 5 N–H and O–H groups in total. The summed E-state index contributed by atoms with van der Waals surface area (Å²) in [6, 6.07) is 0.546. The average molecular weight is 229 g/mol. The Balaban J connectivity index is 2.10. The van der Waals surface area contributed by atoms with E-state index in [0.29, 0.717) is 6.04 Å². The lowest BCUT2D eigenvalue weighted by Gasteiger charge is -2.14. The zero-order valence-corrected chi connectivity index (χ0v) is 10.4. The third-order valence-electron chi connectivity index (χ3n) is 2.68. The Kier molecular flexibility index (Phi) is 8.65. The van der Waals surface area contributed by atoms with Crippen molar-refractivity contribution in [1.29, 1.82) is 0 Å². The normalized spacial score (nSPS) is 27.9. The van der Waals surface area contributed by atoms with Crippen LogP contribution in [0.1, 0.15) is 6.92 Å². The molecule has 0 amide bonds. The molecule has 16 heavy (non-hydrogen) atoms. The maximum Gasteiger partial charge on any atom is 0.0164 e. The van der Waals surface area contributed by atoms with Crippen molar-refractivity contribution < 1.29 is 0 Å². The molecule has 1 rings (SSSR count). The Labute approximate surface area is 99.1 Å². The van der Waals surface area contributed by atoms with Gasteiger partial charge in [0.15, 0.2) is 0 Å². The van der Waals surface area contributed by atoms with Gasteiger partial charge in [0.05, 0.1) is 0 Å². The topological polar surface area (TPSA) is 60.1 Å². The fraction of sp³-hybridized carbons (Fsp3) is 1.00. The van der Waals surface area contributed by atoms with Gasteiger partial charge in [0, 0.05) is 64.9 Å². The van der Waals surface area contributed by atoms with E-state index in [1.807, 2.05) is 0 Å². The molecule has 96 valence electrons. The molecule has 5 heteroatoms. The van der Waals surface area contributed by atoms with E-state index < -0.39 is 0 Å². The van der Waals surface area contributed by atoms with Gasteiger partial charge in [-0.3, -0.25) is 0 Å². The maximum atomic E-state index is 3.49. The van der Waals surface area contributed by atoms with E-state index >= 15 is 0 Å². The molecule has 1 atom stereocenters. The van der Waals surface area contributed by atoms with Crippen LogP contribution in [-0.2, 0) is 0 Å². The molecule has 0 aliphatic carbocycles. The highest BCUT2D eigenvalue weighted by Gasteiger charge is 1.99. The third kappa shape index (κ3) is 8.01. The summed E-state index contributed by atoms with van der Waals surface area (Å²) in [6.07, 6.45) is 0. The van der Waals surface area contributed by atoms with Crippen molar-refractivity contribution in [2.45, 2.75) is 13.0 Å². The van der Waals surface area contributed by atoms with Gasteiger partial charge in [-0.1, -0.05) is 0 Å². The van der Waals surface area contributed by atoms with Gasteiger partial charge in [0.25, 0.3) is 0 Å². The summed E-state index contributed by atoms with van der Waals surface area (Å²) in [7, 11) is 0. The molecule has 0 aromatic rings. The highest BCUT2D eigenvalue weighted by atomic mass is 15.0. The largest absolute Gasteiger partial charge is 0.314 e. The minimum Gasteiger partial charge on any atom is -0.314 e. The van der Waals surface area contributed by atoms with E-state index in [0.717, 1.165) is 58.9 Å². The van der Waals surface area contributed by atoms with Gasteiger partial charge in [0.1, 0.15) is 0 Å². The Morgan fingerprint density at radius 1 is 0.625 bits per heavy atom. The van der Waals surface area contributed by atoms with Gasteiger partial charge in [-0.2, -0.15) is 0 Å². The molecule has 1 aliphatic rings. The molecular weight excluding hydrogens is 202 g/mol. The SMILES string of the molecule is C[C@@H]1CNCCNCCNCCNCCN1. The van der Waals surface area contributed by atoms with Crippen molar-refractivity contribution in [3.05, 3.63) is 0 Å². The number of hydrogen-bond donors (Lipinski definition) is 5. The Bertz CT molecular complexity index is 137. The summed E-state index contributed by atoms with van der Waals surface area (Å²) < 4.78 is 0. The van der Waals surface area contributed by atoms with Crippen molar-refractivity contribution in [2.24, 2.45) is 0 Å². The first-order valence-corrected chi connectivity index (χ1v) is 6.46. The first kappa shape index (κ1) is 13.9. The van der Waals surface area contributed by atoms with Crippen LogP contribution in [0.3, 0.4) is 0 Å². The van der Waals surface area contributed by atoms with Gasteiger partial charge in [-0.25, -0.2) is 0 Å². The van der Waals surface area contributed by atoms with Crippen LogP contribution in [0, 0.1) is 0 Å². The monoisotopic (exact) mass is 229 g/mol. The van der Waals surface area contributed by atoms with E-state index in [2.05, 4.69) is 33.5 Å². The lowest BCUT2D eigenvalue weighted by Crippen LogP contribution is -2.41. The molecular formula is C11H27N5. The second kappa shape index (κ2) is 9.99. The number of nitrogens with one attached hydrogen (secondary N) is 5. The summed E-state index contributed by atoms with van der Waals surface area (Å²) in [6.45, 7) is 11.7. The zero-order chi connectivity index (χ0) is 11.5. The van der Waals surface area contributed by atoms with Gasteiger partial charge in [-0.15, -0.1) is 0 Å². The predicted molar refractivity (Wildman–Crippen MR) is 68.9 cm³/mol. The van der Waals surface area contributed by atoms with Crippen LogP contribution in [0.15, 0.2) is 0 Å². The van der Waals surface area contributed by atoms with Crippen molar-refractivity contribution in [3.8, 4) is 0 Å². The van der Waals surface area contributed by atoms with Crippen LogP contribution < -0.4 is 26.6 Å². The Morgan fingerprint density at radius 2 is 1.06 bits per heavy atom. The van der Waals surface area contributed by atoms with Crippen molar-refractivity contribution in [1.82, 2.24) is 26.6 Å². The molecule has 5 nitrogen and oxygen atoms in total. The second-order valence-electron chi connectivity index (χ2n) is 4.31. The summed E-state index contributed by atoms with van der Waals surface area (Å²) >= 11 is 0. The first-order valence-electron chi connectivity index (χ1n) is 6.46. The lowest BCUT2D eigenvalue weighted by molar-refractivity contribution is 0.492. The van der Waals surface area contributed by atoms with Gasteiger partial charge in [-0.05, 0) is 6.92 Å². The Hall–Kier alpha value is -0.200. The van der Waals surface area contributed by atoms with E-state index in [1.54, 1.807) is 0 Å². The average Bonchev–Trinajstić information content (AvgIpc) is 2.29. The highest BCUT2D eigenvalue weighted by molar-refractivity contribution is 4.66. The first-order chi connectivity index (χ1) is 7.89. The van der Waals surface area contributed by atoms with Crippen LogP contribution in [0.25, 0.3) is 0 Å². The molecule has 1 fully saturated rings. The van der Waals surface area contributed by atoms with Crippen LogP contribution in [0.2, 0.25) is 0 Å². The number of hydrogen-bond acceptors (Lipinski definition) is 5. The molecule has 0 aromatic heterocycles. The standard InChI is InChI=1S/C11H27N5/c1-11-10-15-7-6-13-3-2-12-4-5-14-8-9-16-11/h11-16H,2-10H2,1H3/t11-/m1/s1. The molecule has 0 spiro atoms. The maximum absolute atomic E-state index is 3.49. The fourth-order valence-corrected chi connectivity index (χ4v) is 1.70. The quantitative estimate of drug-likeness (QED) is 0.344. The molecule has 0 aromatic carbocycles. The second-order valence-corrected chi connectivity index (χ2v) is 4.31. The molecule has 1 heterocycles. The molecule has 0 saturated carbocycles. The van der Waals surface area contributed by atoms with E-state index in [-0.39, 0.29) is 0 Å². The summed E-state index contributed by atoms with van der Waals surface area (Å²) in [5, 5.41) is 17.1. The van der Waals surface area contributed by atoms with E-state index in [1.165, 1.54) is 0 Å². The van der Waals surface area contributed by atoms with Crippen LogP contribution in [0.4, 0.5) is 0 Å². The molecule has 0 bridgehead atoms. The molecule has 1 aliphatic heterocycles. The van der Waals surface area contributed by atoms with Crippen molar-refractivity contribution in [2.75, 3.05) is 58.9 Å². The molecule has 1 saturated heterocycles. The van der Waals surface area contributed by atoms with Gasteiger partial charge in [0.2, 0.25) is 0 Å². The van der Waals surface area contributed by atoms with E-state index in [9.17, 15) is 0 Å². The summed E-state index contributed by atoms with van der Waals surface area (Å²) in [5.74, 6) is 0. The summed E-state index contributed by atoms with van der Waals surface area (Å²) in [4.78, 5) is 0. The Morgan fingerprint density at radius 3 is 1.62 bits per heavy atom. The number of rotatable bonds is 0. The summed E-state index contributed by atoms with van der Waals surface area (Å²) in [5.41, 5.74) is 0. The van der Waals surface area contributed by atoms with Crippen LogP contribution in [0.5, 0.6) is 0 Å². The zero-order valence-electron chi connectivity index (χ0n) is 10.4. The van der Waals surface area contributed by atoms with E-state index in [4.69, 9.17) is 0 Å². The molecule has 0 unspecified atom stereocenters. The minimum absolute atomic E-state index is 0.546. The van der Waals surface area contributed by atoms with Gasteiger partial charge < -0.3 is 26.6 Å². The predicted octanol–water partition coefficient (Wildman–Crippen LogP) is -1.66. The van der Waals surface area contributed by atoms with Crippen LogP contribution >= 0.6 is 0 Å². The van der Waals surface area contributed by atoms with Crippen LogP contribution in [-0.4, -0.2) is 64.9 Å². The van der Waals surface area contributed by atoms with Crippen molar-refractivity contribution in [3.63, 3.8) is 0 Å².